The molecular weight excluding hydrogens is 420 g/mol. The van der Waals surface area contributed by atoms with E-state index in [4.69, 9.17) is 14.8 Å². The summed E-state index contributed by atoms with van der Waals surface area (Å²) in [5.41, 5.74) is 3.48. The van der Waals surface area contributed by atoms with E-state index in [-0.39, 0.29) is 12.0 Å². The first-order valence-electron chi connectivity index (χ1n) is 11.3. The van der Waals surface area contributed by atoms with Crippen LogP contribution in [-0.4, -0.2) is 48.2 Å². The predicted molar refractivity (Wildman–Crippen MR) is 126 cm³/mol. The van der Waals surface area contributed by atoms with Crippen molar-refractivity contribution in [1.29, 1.82) is 0 Å². The fraction of sp³-hybridized carbons (Fsp3) is 0.417. The van der Waals surface area contributed by atoms with Crippen molar-refractivity contribution in [3.63, 3.8) is 0 Å². The molecular formula is C24H30N6O3. The maximum Gasteiger partial charge on any atom is 0.261 e. The first-order valence-corrected chi connectivity index (χ1v) is 11.3. The van der Waals surface area contributed by atoms with Gasteiger partial charge in [-0.3, -0.25) is 4.79 Å². The van der Waals surface area contributed by atoms with Crippen molar-refractivity contribution in [3.05, 3.63) is 54.4 Å². The van der Waals surface area contributed by atoms with Gasteiger partial charge in [0, 0.05) is 43.9 Å². The number of carbonyl (C=O) groups is 1. The van der Waals surface area contributed by atoms with Gasteiger partial charge in [-0.2, -0.15) is 5.10 Å². The summed E-state index contributed by atoms with van der Waals surface area (Å²) >= 11 is 0. The number of imidazole rings is 1. The van der Waals surface area contributed by atoms with Crippen molar-refractivity contribution in [2.75, 3.05) is 12.4 Å². The second-order valence-electron chi connectivity index (χ2n) is 8.38. The molecule has 4 aromatic heterocycles. The lowest BCUT2D eigenvalue weighted by molar-refractivity contribution is 0.102. The fourth-order valence-electron chi connectivity index (χ4n) is 4.26. The van der Waals surface area contributed by atoms with E-state index < -0.39 is 0 Å². The molecule has 0 aliphatic heterocycles. The van der Waals surface area contributed by atoms with E-state index in [9.17, 15) is 4.79 Å². The maximum atomic E-state index is 13.2. The largest absolute Gasteiger partial charge is 0.490 e. The molecule has 1 aliphatic carbocycles. The lowest BCUT2D eigenvalue weighted by atomic mass is 9.87. The van der Waals surface area contributed by atoms with E-state index in [2.05, 4.69) is 21.6 Å². The molecule has 5 rings (SSSR count). The molecule has 1 aliphatic rings. The number of aliphatic hydroxyl groups is 1. The van der Waals surface area contributed by atoms with Crippen molar-refractivity contribution in [2.24, 2.45) is 0 Å². The van der Waals surface area contributed by atoms with Crippen molar-refractivity contribution in [3.8, 4) is 5.75 Å². The molecule has 2 N–H and O–H groups in total. The van der Waals surface area contributed by atoms with Crippen LogP contribution in [0.5, 0.6) is 5.75 Å². The summed E-state index contributed by atoms with van der Waals surface area (Å²) in [6.07, 6.45) is 15.0. The van der Waals surface area contributed by atoms with Crippen molar-refractivity contribution in [1.82, 2.24) is 24.0 Å². The Hall–Kier alpha value is -3.46. The maximum absolute atomic E-state index is 13.2. The number of nitrogens with one attached hydrogen (secondary N) is 1. The average Bonchev–Trinajstić information content (AvgIpc) is 3.44. The van der Waals surface area contributed by atoms with Crippen molar-refractivity contribution in [2.45, 2.75) is 58.0 Å². The van der Waals surface area contributed by atoms with Crippen LogP contribution < -0.4 is 10.1 Å². The standard InChI is InChI=1S/C23H26N6O2.CH4O/c1-15(2)31-20-11-21-26-19(16-7-4-3-5-8-16)14-28(21)13-17(20)23(30)27-18-12-25-29-10-6-9-24-22(18)29;1-2/h6,9-16H,3-5,7-8H2,1-2H3,(H,27,30);2H,1H3. The molecule has 4 aromatic rings. The molecule has 1 fully saturated rings. The average molecular weight is 451 g/mol. The van der Waals surface area contributed by atoms with Gasteiger partial charge in [-0.25, -0.2) is 14.5 Å². The number of amides is 1. The summed E-state index contributed by atoms with van der Waals surface area (Å²) < 4.78 is 9.54. The SMILES string of the molecule is CC(C)Oc1cc2nc(C3CCCCC3)cn2cc1C(=O)Nc1cnn2cccnc12.CO. The van der Waals surface area contributed by atoms with Crippen LogP contribution >= 0.6 is 0 Å². The number of aromatic nitrogens is 5. The number of ether oxygens (including phenoxy) is 1. The molecule has 0 spiro atoms. The number of aliphatic hydroxyl groups excluding tert-OH is 1. The number of hydrogen-bond donors (Lipinski definition) is 2. The second-order valence-corrected chi connectivity index (χ2v) is 8.38. The van der Waals surface area contributed by atoms with Crippen LogP contribution in [-0.2, 0) is 0 Å². The third-order valence-electron chi connectivity index (χ3n) is 5.73. The van der Waals surface area contributed by atoms with Crippen LogP contribution in [0.2, 0.25) is 0 Å². The summed E-state index contributed by atoms with van der Waals surface area (Å²) in [7, 11) is 1.00. The molecule has 9 nitrogen and oxygen atoms in total. The lowest BCUT2D eigenvalue weighted by Gasteiger charge is -2.19. The minimum Gasteiger partial charge on any atom is -0.490 e. The number of nitrogens with zero attached hydrogens (tertiary/aromatic N) is 5. The van der Waals surface area contributed by atoms with Gasteiger partial charge in [0.05, 0.1) is 23.6 Å². The topological polar surface area (TPSA) is 106 Å². The summed E-state index contributed by atoms with van der Waals surface area (Å²) in [6.45, 7) is 3.89. The highest BCUT2D eigenvalue weighted by atomic mass is 16.5. The third-order valence-corrected chi connectivity index (χ3v) is 5.73. The molecule has 1 saturated carbocycles. The number of rotatable bonds is 5. The Balaban J connectivity index is 0.00000126. The molecule has 9 heteroatoms. The molecule has 0 aromatic carbocycles. The number of hydrogen-bond acceptors (Lipinski definition) is 6. The molecule has 1 amide bonds. The van der Waals surface area contributed by atoms with Gasteiger partial charge in [0.2, 0.25) is 0 Å². The van der Waals surface area contributed by atoms with E-state index in [1.54, 1.807) is 35.4 Å². The van der Waals surface area contributed by atoms with Crippen LogP contribution in [0, 0.1) is 0 Å². The summed E-state index contributed by atoms with van der Waals surface area (Å²) in [5.74, 6) is 0.737. The van der Waals surface area contributed by atoms with Crippen molar-refractivity contribution < 1.29 is 14.6 Å². The first-order chi connectivity index (χ1) is 16.1. The zero-order chi connectivity index (χ0) is 23.4. The fourth-order valence-corrected chi connectivity index (χ4v) is 4.26. The van der Waals surface area contributed by atoms with Gasteiger partial charge >= 0.3 is 0 Å². The van der Waals surface area contributed by atoms with Crippen LogP contribution in [0.3, 0.4) is 0 Å². The van der Waals surface area contributed by atoms with Gasteiger partial charge in [0.15, 0.2) is 5.65 Å². The number of carbonyl (C=O) groups excluding carboxylic acids is 1. The normalized spacial score (nSPS) is 14.3. The lowest BCUT2D eigenvalue weighted by Crippen LogP contribution is -2.16. The van der Waals surface area contributed by atoms with Crippen LogP contribution in [0.25, 0.3) is 11.3 Å². The predicted octanol–water partition coefficient (Wildman–Crippen LogP) is 4.07. The van der Waals surface area contributed by atoms with Crippen LogP contribution in [0.4, 0.5) is 5.69 Å². The quantitative estimate of drug-likeness (QED) is 0.475. The first kappa shape index (κ1) is 22.7. The Bertz CT molecular complexity index is 1240. The van der Waals surface area contributed by atoms with E-state index in [0.717, 1.165) is 18.5 Å². The smallest absolute Gasteiger partial charge is 0.261 e. The molecule has 0 radical (unpaired) electrons. The Kier molecular flexibility index (Phi) is 6.88. The number of pyridine rings is 1. The highest BCUT2D eigenvalue weighted by molar-refractivity contribution is 6.07. The van der Waals surface area contributed by atoms with E-state index in [1.165, 1.54) is 32.1 Å². The highest BCUT2D eigenvalue weighted by Crippen LogP contribution is 2.33. The zero-order valence-corrected chi connectivity index (χ0v) is 19.2. The minimum absolute atomic E-state index is 0.0691. The number of anilines is 1. The molecule has 33 heavy (non-hydrogen) atoms. The Morgan fingerprint density at radius 1 is 1.21 bits per heavy atom. The van der Waals surface area contributed by atoms with E-state index >= 15 is 0 Å². The zero-order valence-electron chi connectivity index (χ0n) is 19.2. The molecule has 4 heterocycles. The van der Waals surface area contributed by atoms with Gasteiger partial charge < -0.3 is 19.6 Å². The summed E-state index contributed by atoms with van der Waals surface area (Å²) in [6, 6.07) is 3.65. The van der Waals surface area contributed by atoms with Gasteiger partial charge in [0.25, 0.3) is 5.91 Å². The third kappa shape index (κ3) is 4.83. The highest BCUT2D eigenvalue weighted by Gasteiger charge is 2.22. The molecule has 0 atom stereocenters. The monoisotopic (exact) mass is 450 g/mol. The molecule has 0 unspecified atom stereocenters. The Morgan fingerprint density at radius 3 is 2.76 bits per heavy atom. The summed E-state index contributed by atoms with van der Waals surface area (Å²) in [4.78, 5) is 22.4. The van der Waals surface area contributed by atoms with Crippen molar-refractivity contribution >= 4 is 22.9 Å². The molecule has 0 saturated heterocycles. The molecule has 0 bridgehead atoms. The van der Waals surface area contributed by atoms with Gasteiger partial charge in [0.1, 0.15) is 17.1 Å². The number of fused-ring (bicyclic) bond motifs is 2. The van der Waals surface area contributed by atoms with Gasteiger partial charge in [-0.15, -0.1) is 0 Å². The second kappa shape index (κ2) is 9.99. The minimum atomic E-state index is -0.272. The summed E-state index contributed by atoms with van der Waals surface area (Å²) in [5, 5.41) is 14.2. The van der Waals surface area contributed by atoms with Gasteiger partial charge in [-0.1, -0.05) is 19.3 Å². The Labute approximate surface area is 192 Å². The van der Waals surface area contributed by atoms with Crippen LogP contribution in [0.1, 0.15) is 67.9 Å². The van der Waals surface area contributed by atoms with Gasteiger partial charge in [-0.05, 0) is 32.8 Å². The Morgan fingerprint density at radius 2 is 2.00 bits per heavy atom. The molecule has 174 valence electrons. The van der Waals surface area contributed by atoms with Crippen LogP contribution in [0.15, 0.2) is 43.1 Å². The van der Waals surface area contributed by atoms with E-state index in [0.29, 0.717) is 28.6 Å². The van der Waals surface area contributed by atoms with E-state index in [1.807, 2.05) is 24.3 Å².